The van der Waals surface area contributed by atoms with Crippen LogP contribution in [0.1, 0.15) is 12.8 Å². The van der Waals surface area contributed by atoms with Crippen LogP contribution in [-0.4, -0.2) is 15.9 Å². The van der Waals surface area contributed by atoms with Crippen molar-refractivity contribution in [1.29, 1.82) is 5.26 Å². The molecular formula is C14H12ClN5O. The quantitative estimate of drug-likeness (QED) is 0.847. The normalized spacial score (nSPS) is 20.0. The molecule has 1 saturated carbocycles. The fraction of sp³-hybridized carbons (Fsp3) is 0.286. The summed E-state index contributed by atoms with van der Waals surface area (Å²) in [6.45, 7) is 0. The van der Waals surface area contributed by atoms with Gasteiger partial charge < -0.3 is 11.1 Å². The van der Waals surface area contributed by atoms with E-state index in [9.17, 15) is 4.79 Å². The molecule has 0 radical (unpaired) electrons. The van der Waals surface area contributed by atoms with Gasteiger partial charge in [0.15, 0.2) is 0 Å². The molecule has 2 unspecified atom stereocenters. The first-order valence-electron chi connectivity index (χ1n) is 6.48. The third kappa shape index (κ3) is 2.73. The predicted molar refractivity (Wildman–Crippen MR) is 79.4 cm³/mol. The van der Waals surface area contributed by atoms with Crippen LogP contribution in [0.25, 0.3) is 10.8 Å². The van der Waals surface area contributed by atoms with E-state index in [0.717, 1.165) is 11.8 Å². The van der Waals surface area contributed by atoms with E-state index in [1.54, 1.807) is 18.3 Å². The number of hydrogen-bond acceptors (Lipinski definition) is 5. The van der Waals surface area contributed by atoms with Crippen LogP contribution in [0.5, 0.6) is 0 Å². The summed E-state index contributed by atoms with van der Waals surface area (Å²) in [7, 11) is 0. The van der Waals surface area contributed by atoms with Crippen molar-refractivity contribution in [3.63, 3.8) is 0 Å². The number of nitrogen functional groups attached to an aromatic ring is 1. The zero-order chi connectivity index (χ0) is 15.0. The molecule has 2 atom stereocenters. The van der Waals surface area contributed by atoms with Crippen LogP contribution in [-0.2, 0) is 4.79 Å². The van der Waals surface area contributed by atoms with Crippen molar-refractivity contribution in [1.82, 2.24) is 9.97 Å². The third-order valence-corrected chi connectivity index (χ3v) is 3.77. The van der Waals surface area contributed by atoms with Crippen LogP contribution in [0.3, 0.4) is 0 Å². The van der Waals surface area contributed by atoms with Crippen LogP contribution in [0, 0.1) is 23.2 Å². The lowest BCUT2D eigenvalue weighted by molar-refractivity contribution is -0.117. The lowest BCUT2D eigenvalue weighted by Gasteiger charge is -2.06. The summed E-state index contributed by atoms with van der Waals surface area (Å²) in [4.78, 5) is 20.1. The number of carbonyl (C=O) groups is 1. The highest BCUT2D eigenvalue weighted by molar-refractivity contribution is 6.30. The van der Waals surface area contributed by atoms with Crippen LogP contribution in [0.2, 0.25) is 5.15 Å². The number of nitrogens with zero attached hydrogens (tertiary/aromatic N) is 3. The van der Waals surface area contributed by atoms with Crippen LogP contribution in [0.4, 0.5) is 11.6 Å². The van der Waals surface area contributed by atoms with Crippen molar-refractivity contribution in [3.8, 4) is 6.07 Å². The first kappa shape index (κ1) is 13.6. The molecule has 0 aliphatic heterocycles. The Labute approximate surface area is 125 Å². The van der Waals surface area contributed by atoms with Crippen molar-refractivity contribution in [2.75, 3.05) is 11.1 Å². The first-order chi connectivity index (χ1) is 10.1. The van der Waals surface area contributed by atoms with E-state index in [1.165, 1.54) is 0 Å². The zero-order valence-corrected chi connectivity index (χ0v) is 11.8. The van der Waals surface area contributed by atoms with Crippen LogP contribution < -0.4 is 11.1 Å². The second-order valence-electron chi connectivity index (χ2n) is 5.07. The number of nitrogens with one attached hydrogen (secondary N) is 1. The molecular weight excluding hydrogens is 290 g/mol. The van der Waals surface area contributed by atoms with Gasteiger partial charge in [-0.05, 0) is 29.9 Å². The number of fused-ring (bicyclic) bond motifs is 1. The summed E-state index contributed by atoms with van der Waals surface area (Å²) in [6, 6.07) is 5.46. The third-order valence-electron chi connectivity index (χ3n) is 3.58. The minimum atomic E-state index is -0.102. The molecule has 106 valence electrons. The molecule has 21 heavy (non-hydrogen) atoms. The molecule has 1 fully saturated rings. The molecule has 0 spiro atoms. The molecule has 7 heteroatoms. The van der Waals surface area contributed by atoms with Gasteiger partial charge in [-0.15, -0.1) is 0 Å². The van der Waals surface area contributed by atoms with Gasteiger partial charge in [-0.25, -0.2) is 9.97 Å². The van der Waals surface area contributed by atoms with E-state index in [1.807, 2.05) is 0 Å². The second kappa shape index (κ2) is 5.19. The number of carbonyl (C=O) groups excluding carboxylic acids is 1. The number of pyridine rings is 2. The van der Waals surface area contributed by atoms with Gasteiger partial charge in [0, 0.05) is 23.9 Å². The van der Waals surface area contributed by atoms with Crippen molar-refractivity contribution in [3.05, 3.63) is 23.5 Å². The Hall–Kier alpha value is -2.39. The molecule has 0 aromatic carbocycles. The summed E-state index contributed by atoms with van der Waals surface area (Å²) in [5.41, 5.74) is 5.76. The van der Waals surface area contributed by atoms with E-state index >= 15 is 0 Å². The molecule has 0 bridgehead atoms. The number of amides is 1. The maximum Gasteiger partial charge on any atom is 0.228 e. The Morgan fingerprint density at radius 3 is 3.14 bits per heavy atom. The Morgan fingerprint density at radius 1 is 1.57 bits per heavy atom. The molecule has 1 amide bonds. The maximum atomic E-state index is 12.0. The maximum absolute atomic E-state index is 12.0. The summed E-state index contributed by atoms with van der Waals surface area (Å²) in [6.07, 6.45) is 2.74. The van der Waals surface area contributed by atoms with E-state index in [-0.39, 0.29) is 17.7 Å². The molecule has 6 nitrogen and oxygen atoms in total. The molecule has 0 saturated heterocycles. The van der Waals surface area contributed by atoms with Gasteiger partial charge >= 0.3 is 0 Å². The number of rotatable bonds is 3. The van der Waals surface area contributed by atoms with Gasteiger partial charge in [-0.3, -0.25) is 4.79 Å². The average molecular weight is 302 g/mol. The van der Waals surface area contributed by atoms with Crippen molar-refractivity contribution in [2.24, 2.45) is 11.8 Å². The highest BCUT2D eigenvalue weighted by Gasteiger charge is 2.42. The van der Waals surface area contributed by atoms with E-state index < -0.39 is 0 Å². The smallest absolute Gasteiger partial charge is 0.228 e. The largest absolute Gasteiger partial charge is 0.383 e. The lowest BCUT2D eigenvalue weighted by Crippen LogP contribution is -2.15. The SMILES string of the molecule is N#CCC1CC1C(=O)Nc1cc2cc(Cl)nc(N)c2cn1. The van der Waals surface area contributed by atoms with Crippen LogP contribution >= 0.6 is 11.6 Å². The van der Waals surface area contributed by atoms with Crippen molar-refractivity contribution < 1.29 is 4.79 Å². The van der Waals surface area contributed by atoms with Gasteiger partial charge in [-0.1, -0.05) is 11.6 Å². The summed E-state index contributed by atoms with van der Waals surface area (Å²) >= 11 is 5.87. The van der Waals surface area contributed by atoms with Crippen molar-refractivity contribution in [2.45, 2.75) is 12.8 Å². The van der Waals surface area contributed by atoms with Gasteiger partial charge in [0.2, 0.25) is 5.91 Å². The van der Waals surface area contributed by atoms with Gasteiger partial charge in [0.25, 0.3) is 0 Å². The number of aromatic nitrogens is 2. The Kier molecular flexibility index (Phi) is 3.35. The van der Waals surface area contributed by atoms with Crippen LogP contribution in [0.15, 0.2) is 18.3 Å². The van der Waals surface area contributed by atoms with E-state index in [2.05, 4.69) is 21.4 Å². The summed E-state index contributed by atoms with van der Waals surface area (Å²) in [5.74, 6) is 0.726. The van der Waals surface area contributed by atoms with Crippen molar-refractivity contribution >= 4 is 39.9 Å². The summed E-state index contributed by atoms with van der Waals surface area (Å²) < 4.78 is 0. The Balaban J connectivity index is 1.79. The molecule has 3 N–H and O–H groups in total. The highest BCUT2D eigenvalue weighted by atomic mass is 35.5. The number of nitrogens with two attached hydrogens (primary N) is 1. The number of anilines is 2. The Morgan fingerprint density at radius 2 is 2.38 bits per heavy atom. The second-order valence-corrected chi connectivity index (χ2v) is 5.46. The minimum Gasteiger partial charge on any atom is -0.383 e. The number of nitriles is 1. The molecule has 2 aromatic rings. The van der Waals surface area contributed by atoms with Gasteiger partial charge in [-0.2, -0.15) is 5.26 Å². The minimum absolute atomic E-state index is 0.0896. The van der Waals surface area contributed by atoms with Gasteiger partial charge in [0.1, 0.15) is 16.8 Å². The lowest BCUT2D eigenvalue weighted by atomic mass is 10.2. The van der Waals surface area contributed by atoms with E-state index in [0.29, 0.717) is 28.6 Å². The molecule has 2 aromatic heterocycles. The zero-order valence-electron chi connectivity index (χ0n) is 11.0. The standard InChI is InChI=1S/C14H12ClN5O/c15-11-4-8-5-12(18-6-10(8)13(17)19-11)20-14(21)9-3-7(9)1-2-16/h4-7,9H,1,3H2,(H2,17,19)(H,18,20,21). The molecule has 1 aliphatic carbocycles. The number of hydrogen-bond donors (Lipinski definition) is 2. The highest BCUT2D eigenvalue weighted by Crippen LogP contribution is 2.41. The fourth-order valence-corrected chi connectivity index (χ4v) is 2.55. The van der Waals surface area contributed by atoms with E-state index in [4.69, 9.17) is 22.6 Å². The Bertz CT molecular complexity index is 770. The average Bonchev–Trinajstić information content (AvgIpc) is 3.18. The topological polar surface area (TPSA) is 105 Å². The molecule has 1 aliphatic rings. The fourth-order valence-electron chi connectivity index (χ4n) is 2.34. The molecule has 3 rings (SSSR count). The number of halogens is 1. The predicted octanol–water partition coefficient (Wildman–Crippen LogP) is 2.35. The molecule has 2 heterocycles. The van der Waals surface area contributed by atoms with Gasteiger partial charge in [0.05, 0.1) is 6.07 Å². The summed E-state index contributed by atoms with van der Waals surface area (Å²) in [5, 5.41) is 13.1. The monoisotopic (exact) mass is 301 g/mol. The first-order valence-corrected chi connectivity index (χ1v) is 6.86.